The molecule has 58 valence electrons. The molecule has 1 rings (SSSR count). The molecule has 0 radical (unpaired) electrons. The Kier molecular flexibility index (Phi) is 2.32. The Balaban J connectivity index is 3.12. The molecular formula is C10H12O. The number of benzene rings is 1. The van der Waals surface area contributed by atoms with Gasteiger partial charge in [-0.25, -0.2) is 0 Å². The van der Waals surface area contributed by atoms with E-state index in [2.05, 4.69) is 0 Å². The van der Waals surface area contributed by atoms with Crippen LogP contribution in [0.1, 0.15) is 18.1 Å². The third-order valence-electron chi connectivity index (χ3n) is 1.61. The van der Waals surface area contributed by atoms with Crippen molar-refractivity contribution in [3.8, 4) is 5.75 Å². The van der Waals surface area contributed by atoms with Gasteiger partial charge in [-0.1, -0.05) is 18.2 Å². The first kappa shape index (κ1) is 7.86. The molecule has 11 heavy (non-hydrogen) atoms. The summed E-state index contributed by atoms with van der Waals surface area (Å²) in [5.74, 6) is 0.323. The molecule has 0 aromatic heterocycles. The van der Waals surface area contributed by atoms with E-state index in [0.29, 0.717) is 5.75 Å². The summed E-state index contributed by atoms with van der Waals surface area (Å²) in [5, 5.41) is 9.13. The van der Waals surface area contributed by atoms with E-state index in [1.807, 2.05) is 32.1 Å². The number of rotatable bonds is 1. The van der Waals surface area contributed by atoms with Gasteiger partial charge in [0, 0.05) is 0 Å². The van der Waals surface area contributed by atoms with E-state index in [-0.39, 0.29) is 0 Å². The molecule has 1 aromatic rings. The first-order valence-corrected chi connectivity index (χ1v) is 3.66. The molecule has 0 unspecified atom stereocenters. The minimum Gasteiger partial charge on any atom is -0.508 e. The lowest BCUT2D eigenvalue weighted by Crippen LogP contribution is -1.78. The topological polar surface area (TPSA) is 20.2 Å². The van der Waals surface area contributed by atoms with E-state index in [0.717, 1.165) is 5.56 Å². The highest BCUT2D eigenvalue weighted by molar-refractivity contribution is 5.55. The van der Waals surface area contributed by atoms with Crippen molar-refractivity contribution in [2.75, 3.05) is 0 Å². The standard InChI is InChI=1S/C10H12O/c1-3-4-9-7-10(11)6-5-8(9)2/h3-7,11H,1-2H3/b4-3-. The normalized spacial score (nSPS) is 10.7. The minimum atomic E-state index is 0.323. The summed E-state index contributed by atoms with van der Waals surface area (Å²) in [6.07, 6.45) is 3.94. The number of aryl methyl sites for hydroxylation is 1. The summed E-state index contributed by atoms with van der Waals surface area (Å²) >= 11 is 0. The highest BCUT2D eigenvalue weighted by Crippen LogP contribution is 2.16. The minimum absolute atomic E-state index is 0.323. The van der Waals surface area contributed by atoms with Crippen LogP contribution in [0, 0.1) is 6.92 Å². The van der Waals surface area contributed by atoms with Crippen LogP contribution in [0.15, 0.2) is 24.3 Å². The smallest absolute Gasteiger partial charge is 0.116 e. The summed E-state index contributed by atoms with van der Waals surface area (Å²) in [4.78, 5) is 0. The molecule has 0 saturated carbocycles. The second-order valence-electron chi connectivity index (χ2n) is 2.54. The maximum atomic E-state index is 9.13. The third-order valence-corrected chi connectivity index (χ3v) is 1.61. The Labute approximate surface area is 67.0 Å². The summed E-state index contributed by atoms with van der Waals surface area (Å²) in [7, 11) is 0. The van der Waals surface area contributed by atoms with E-state index < -0.39 is 0 Å². The molecule has 0 atom stereocenters. The van der Waals surface area contributed by atoms with Gasteiger partial charge in [-0.2, -0.15) is 0 Å². The van der Waals surface area contributed by atoms with Crippen molar-refractivity contribution in [2.24, 2.45) is 0 Å². The van der Waals surface area contributed by atoms with Gasteiger partial charge in [-0.15, -0.1) is 0 Å². The van der Waals surface area contributed by atoms with E-state index >= 15 is 0 Å². The Morgan fingerprint density at radius 3 is 2.73 bits per heavy atom. The van der Waals surface area contributed by atoms with Crippen molar-refractivity contribution in [3.63, 3.8) is 0 Å². The second-order valence-corrected chi connectivity index (χ2v) is 2.54. The van der Waals surface area contributed by atoms with Gasteiger partial charge in [0.25, 0.3) is 0 Å². The van der Waals surface area contributed by atoms with Crippen LogP contribution < -0.4 is 0 Å². The van der Waals surface area contributed by atoms with Crippen LogP contribution in [-0.4, -0.2) is 5.11 Å². The average molecular weight is 148 g/mol. The van der Waals surface area contributed by atoms with Gasteiger partial charge >= 0.3 is 0 Å². The first-order valence-electron chi connectivity index (χ1n) is 3.66. The summed E-state index contributed by atoms with van der Waals surface area (Å²) in [6.45, 7) is 3.98. The van der Waals surface area contributed by atoms with E-state index in [4.69, 9.17) is 5.11 Å². The van der Waals surface area contributed by atoms with Crippen LogP contribution in [-0.2, 0) is 0 Å². The van der Waals surface area contributed by atoms with Gasteiger partial charge < -0.3 is 5.11 Å². The molecule has 1 nitrogen and oxygen atoms in total. The zero-order chi connectivity index (χ0) is 8.27. The maximum absolute atomic E-state index is 9.13. The Morgan fingerprint density at radius 1 is 1.36 bits per heavy atom. The van der Waals surface area contributed by atoms with Gasteiger partial charge in [-0.05, 0) is 37.1 Å². The van der Waals surface area contributed by atoms with Crippen molar-refractivity contribution in [3.05, 3.63) is 35.4 Å². The summed E-state index contributed by atoms with van der Waals surface area (Å²) in [5.41, 5.74) is 2.26. The zero-order valence-corrected chi connectivity index (χ0v) is 6.83. The molecule has 0 aliphatic carbocycles. The van der Waals surface area contributed by atoms with Gasteiger partial charge in [0.1, 0.15) is 5.75 Å². The fraction of sp³-hybridized carbons (Fsp3) is 0.200. The van der Waals surface area contributed by atoms with Crippen molar-refractivity contribution in [1.29, 1.82) is 0 Å². The van der Waals surface area contributed by atoms with Gasteiger partial charge in [0.15, 0.2) is 0 Å². The largest absolute Gasteiger partial charge is 0.508 e. The lowest BCUT2D eigenvalue weighted by atomic mass is 10.1. The van der Waals surface area contributed by atoms with Crippen molar-refractivity contribution < 1.29 is 5.11 Å². The predicted octanol–water partition coefficient (Wildman–Crippen LogP) is 2.73. The predicted molar refractivity (Wildman–Crippen MR) is 47.6 cm³/mol. The number of allylic oxidation sites excluding steroid dienone is 1. The molecule has 1 heteroatoms. The van der Waals surface area contributed by atoms with Crippen molar-refractivity contribution >= 4 is 6.08 Å². The molecule has 0 bridgehead atoms. The highest BCUT2D eigenvalue weighted by Gasteiger charge is 1.93. The van der Waals surface area contributed by atoms with Crippen LogP contribution >= 0.6 is 0 Å². The van der Waals surface area contributed by atoms with Crippen LogP contribution in [0.4, 0.5) is 0 Å². The summed E-state index contributed by atoms with van der Waals surface area (Å²) in [6, 6.07) is 5.36. The van der Waals surface area contributed by atoms with Crippen LogP contribution in [0.3, 0.4) is 0 Å². The molecule has 1 N–H and O–H groups in total. The van der Waals surface area contributed by atoms with E-state index in [1.165, 1.54) is 5.56 Å². The van der Waals surface area contributed by atoms with Crippen molar-refractivity contribution in [1.82, 2.24) is 0 Å². The van der Waals surface area contributed by atoms with Crippen LogP contribution in [0.25, 0.3) is 6.08 Å². The van der Waals surface area contributed by atoms with Gasteiger partial charge in [0.05, 0.1) is 0 Å². The number of phenolic OH excluding ortho intramolecular Hbond substituents is 1. The van der Waals surface area contributed by atoms with E-state index in [1.54, 1.807) is 12.1 Å². The molecule has 0 saturated heterocycles. The lowest BCUT2D eigenvalue weighted by Gasteiger charge is -1.99. The number of phenols is 1. The first-order chi connectivity index (χ1) is 5.24. The van der Waals surface area contributed by atoms with Crippen molar-refractivity contribution in [2.45, 2.75) is 13.8 Å². The molecule has 0 fully saturated rings. The quantitative estimate of drug-likeness (QED) is 0.649. The Bertz CT molecular complexity index is 274. The third kappa shape index (κ3) is 1.84. The summed E-state index contributed by atoms with van der Waals surface area (Å²) < 4.78 is 0. The molecule has 0 aliphatic heterocycles. The van der Waals surface area contributed by atoms with Crippen LogP contribution in [0.2, 0.25) is 0 Å². The number of hydrogen-bond donors (Lipinski definition) is 1. The molecule has 0 amide bonds. The van der Waals surface area contributed by atoms with Gasteiger partial charge in [-0.3, -0.25) is 0 Å². The highest BCUT2D eigenvalue weighted by atomic mass is 16.3. The second kappa shape index (κ2) is 3.24. The molecule has 0 aliphatic rings. The van der Waals surface area contributed by atoms with E-state index in [9.17, 15) is 0 Å². The lowest BCUT2D eigenvalue weighted by molar-refractivity contribution is 0.475. The monoisotopic (exact) mass is 148 g/mol. The fourth-order valence-corrected chi connectivity index (χ4v) is 0.987. The molecule has 0 spiro atoms. The van der Waals surface area contributed by atoms with Gasteiger partial charge in [0.2, 0.25) is 0 Å². The average Bonchev–Trinajstić information content (AvgIpc) is 1.98. The molecular weight excluding hydrogens is 136 g/mol. The Hall–Kier alpha value is -1.24. The number of hydrogen-bond acceptors (Lipinski definition) is 1. The van der Waals surface area contributed by atoms with Crippen LogP contribution in [0.5, 0.6) is 5.75 Å². The molecule has 1 aromatic carbocycles. The fourth-order valence-electron chi connectivity index (χ4n) is 0.987. The number of aromatic hydroxyl groups is 1. The Morgan fingerprint density at radius 2 is 2.09 bits per heavy atom. The maximum Gasteiger partial charge on any atom is 0.116 e. The SMILES string of the molecule is C/C=C\c1cc(O)ccc1C. The molecule has 0 heterocycles. The zero-order valence-electron chi connectivity index (χ0n) is 6.83.